The van der Waals surface area contributed by atoms with Gasteiger partial charge in [-0.25, -0.2) is 8.78 Å². The number of rotatable bonds is 6. The molecule has 0 fully saturated rings. The van der Waals surface area contributed by atoms with E-state index < -0.39 is 12.3 Å². The normalized spacial score (nSPS) is 15.5. The van der Waals surface area contributed by atoms with Crippen molar-refractivity contribution in [2.45, 2.75) is 31.9 Å². The lowest BCUT2D eigenvalue weighted by Gasteiger charge is -2.14. The van der Waals surface area contributed by atoms with Crippen LogP contribution in [0.3, 0.4) is 0 Å². The summed E-state index contributed by atoms with van der Waals surface area (Å²) in [4.78, 5) is 20.7. The van der Waals surface area contributed by atoms with Crippen LogP contribution in [0.5, 0.6) is 0 Å². The molecule has 1 aliphatic carbocycles. The third-order valence-electron chi connectivity index (χ3n) is 4.79. The number of pyridine rings is 1. The van der Waals surface area contributed by atoms with Crippen LogP contribution >= 0.6 is 0 Å². The Hall–Kier alpha value is -3.20. The molecule has 0 saturated carbocycles. The number of aromatic nitrogens is 3. The summed E-state index contributed by atoms with van der Waals surface area (Å²) in [5.74, 6) is 0.392. The topological polar surface area (TPSA) is 90.1 Å². The smallest absolute Gasteiger partial charge is 0.270 e. The number of halogens is 2. The van der Waals surface area contributed by atoms with Gasteiger partial charge in [0.1, 0.15) is 12.3 Å². The highest BCUT2D eigenvalue weighted by Gasteiger charge is 2.26. The Morgan fingerprint density at radius 2 is 2.21 bits per heavy atom. The summed E-state index contributed by atoms with van der Waals surface area (Å²) in [6.45, 7) is 0.243. The number of carbonyl (C=O) groups is 1. The molecule has 0 spiro atoms. The van der Waals surface area contributed by atoms with Crippen molar-refractivity contribution < 1.29 is 22.8 Å². The van der Waals surface area contributed by atoms with Gasteiger partial charge in [-0.3, -0.25) is 9.78 Å². The van der Waals surface area contributed by atoms with Crippen LogP contribution in [0.2, 0.25) is 0 Å². The number of nitrogens with one attached hydrogen (secondary N) is 1. The minimum atomic E-state index is -2.65. The molecular formula is C20H18F2N4O3. The van der Waals surface area contributed by atoms with Crippen molar-refractivity contribution in [1.82, 2.24) is 20.4 Å². The fraction of sp³-hybridized carbons (Fsp3) is 0.300. The summed E-state index contributed by atoms with van der Waals surface area (Å²) < 4.78 is 35.8. The molecule has 0 unspecified atom stereocenters. The fourth-order valence-electron chi connectivity index (χ4n) is 3.40. The average Bonchev–Trinajstić information content (AvgIpc) is 3.35. The van der Waals surface area contributed by atoms with E-state index in [9.17, 15) is 13.6 Å². The molecular weight excluding hydrogens is 382 g/mol. The maximum absolute atomic E-state index is 12.9. The molecule has 1 N–H and O–H groups in total. The van der Waals surface area contributed by atoms with Gasteiger partial charge in [0, 0.05) is 24.4 Å². The van der Waals surface area contributed by atoms with Crippen LogP contribution < -0.4 is 5.32 Å². The van der Waals surface area contributed by atoms with Gasteiger partial charge in [0.05, 0.1) is 6.04 Å². The van der Waals surface area contributed by atoms with Crippen LogP contribution in [-0.4, -0.2) is 28.1 Å². The largest absolute Gasteiger partial charge is 0.375 e. The summed E-state index contributed by atoms with van der Waals surface area (Å²) in [6.07, 6.45) is 0.0417. The Balaban J connectivity index is 1.50. The Kier molecular flexibility index (Phi) is 5.30. The van der Waals surface area contributed by atoms with Crippen LogP contribution in [0.15, 0.2) is 41.1 Å². The van der Waals surface area contributed by atoms with Gasteiger partial charge in [0.2, 0.25) is 5.82 Å². The lowest BCUT2D eigenvalue weighted by molar-refractivity contribution is 0.0931. The number of alkyl halides is 2. The Bertz CT molecular complexity index is 1040. The number of aryl methyl sites for hydroxylation is 1. The second kappa shape index (κ2) is 8.04. The van der Waals surface area contributed by atoms with Crippen molar-refractivity contribution in [2.24, 2.45) is 0 Å². The highest BCUT2D eigenvalue weighted by atomic mass is 19.3. The first-order valence-corrected chi connectivity index (χ1v) is 9.05. The van der Waals surface area contributed by atoms with Crippen LogP contribution in [-0.2, 0) is 17.8 Å². The lowest BCUT2D eigenvalue weighted by Crippen LogP contribution is -2.28. The van der Waals surface area contributed by atoms with Gasteiger partial charge in [-0.15, -0.1) is 0 Å². The molecule has 1 aromatic carbocycles. The molecule has 2 heterocycles. The molecule has 7 nitrogen and oxygen atoms in total. The molecule has 0 radical (unpaired) electrons. The number of methoxy groups -OCH3 is 1. The number of ether oxygens (including phenoxy) is 1. The number of hydrogen-bond acceptors (Lipinski definition) is 6. The molecule has 3 aromatic rings. The number of hydrogen-bond donors (Lipinski definition) is 1. The second-order valence-corrected chi connectivity index (χ2v) is 6.70. The van der Waals surface area contributed by atoms with Crippen molar-refractivity contribution in [3.05, 3.63) is 64.8 Å². The first-order chi connectivity index (χ1) is 14.0. The number of benzene rings is 1. The molecule has 29 heavy (non-hydrogen) atoms. The Labute approximate surface area is 165 Å². The maximum Gasteiger partial charge on any atom is 0.270 e. The van der Waals surface area contributed by atoms with E-state index in [0.29, 0.717) is 18.1 Å². The average molecular weight is 400 g/mol. The molecule has 0 bridgehead atoms. The number of fused-ring (bicyclic) bond motifs is 1. The van der Waals surface area contributed by atoms with E-state index in [1.807, 2.05) is 18.2 Å². The first-order valence-electron chi connectivity index (χ1n) is 9.05. The van der Waals surface area contributed by atoms with Gasteiger partial charge in [0.15, 0.2) is 0 Å². The number of carbonyl (C=O) groups excluding carboxylic acids is 1. The zero-order valence-corrected chi connectivity index (χ0v) is 15.6. The number of nitrogens with zero attached hydrogens (tertiary/aromatic N) is 3. The molecule has 4 rings (SSSR count). The van der Waals surface area contributed by atoms with Gasteiger partial charge in [0.25, 0.3) is 18.2 Å². The quantitative estimate of drug-likeness (QED) is 0.680. The standard InChI is InChI=1S/C20H18F2N4O3/c1-28-10-17-25-19(26-29-17)13-2-4-14-11(8-13)3-5-15(14)24-20(27)16-9-12(18(21)22)6-7-23-16/h2,4,6-9,15,18H,3,5,10H2,1H3,(H,24,27)/t15-/m1/s1. The van der Waals surface area contributed by atoms with Crippen LogP contribution in [0.25, 0.3) is 11.4 Å². The van der Waals surface area contributed by atoms with Gasteiger partial charge in [-0.1, -0.05) is 17.3 Å². The monoisotopic (exact) mass is 400 g/mol. The summed E-state index contributed by atoms with van der Waals surface area (Å²) in [6, 6.07) is 7.85. The second-order valence-electron chi connectivity index (χ2n) is 6.70. The molecule has 150 valence electrons. The van der Waals surface area contributed by atoms with Crippen molar-refractivity contribution in [2.75, 3.05) is 7.11 Å². The van der Waals surface area contributed by atoms with E-state index in [4.69, 9.17) is 9.26 Å². The Morgan fingerprint density at radius 3 is 3.00 bits per heavy atom. The minimum absolute atomic E-state index is 0.0228. The van der Waals surface area contributed by atoms with Crippen molar-refractivity contribution in [1.29, 1.82) is 0 Å². The molecule has 2 aromatic heterocycles. The maximum atomic E-state index is 12.9. The third-order valence-corrected chi connectivity index (χ3v) is 4.79. The Morgan fingerprint density at radius 1 is 1.34 bits per heavy atom. The van der Waals surface area contributed by atoms with Gasteiger partial charge < -0.3 is 14.6 Å². The predicted octanol–water partition coefficient (Wildman–Crippen LogP) is 3.63. The molecule has 0 saturated heterocycles. The zero-order chi connectivity index (χ0) is 20.4. The van der Waals surface area contributed by atoms with E-state index in [1.165, 1.54) is 12.3 Å². The van der Waals surface area contributed by atoms with E-state index in [1.54, 1.807) is 7.11 Å². The zero-order valence-electron chi connectivity index (χ0n) is 15.6. The minimum Gasteiger partial charge on any atom is -0.375 e. The van der Waals surface area contributed by atoms with Crippen molar-refractivity contribution in [3.8, 4) is 11.4 Å². The molecule has 0 aliphatic heterocycles. The van der Waals surface area contributed by atoms with E-state index in [-0.39, 0.29) is 23.9 Å². The van der Waals surface area contributed by atoms with Gasteiger partial charge in [-0.2, -0.15) is 4.98 Å². The van der Waals surface area contributed by atoms with Gasteiger partial charge in [-0.05, 0) is 42.2 Å². The van der Waals surface area contributed by atoms with Crippen molar-refractivity contribution >= 4 is 5.91 Å². The third kappa shape index (κ3) is 4.00. The van der Waals surface area contributed by atoms with Crippen molar-refractivity contribution in [3.63, 3.8) is 0 Å². The van der Waals surface area contributed by atoms with Crippen LogP contribution in [0, 0.1) is 0 Å². The SMILES string of the molecule is COCc1nc(-c2ccc3c(c2)CC[C@H]3NC(=O)c2cc(C(F)F)ccn2)no1. The summed E-state index contributed by atoms with van der Waals surface area (Å²) in [7, 11) is 1.55. The number of amides is 1. The van der Waals surface area contributed by atoms with E-state index >= 15 is 0 Å². The van der Waals surface area contributed by atoms with Crippen LogP contribution in [0.1, 0.15) is 52.0 Å². The predicted molar refractivity (Wildman–Crippen MR) is 98.2 cm³/mol. The fourth-order valence-corrected chi connectivity index (χ4v) is 3.40. The molecule has 1 atom stereocenters. The first kappa shape index (κ1) is 19.1. The highest BCUT2D eigenvalue weighted by Crippen LogP contribution is 2.34. The summed E-state index contributed by atoms with van der Waals surface area (Å²) in [5, 5.41) is 6.84. The van der Waals surface area contributed by atoms with E-state index in [2.05, 4.69) is 20.4 Å². The summed E-state index contributed by atoms with van der Waals surface area (Å²) in [5.41, 5.74) is 2.61. The highest BCUT2D eigenvalue weighted by molar-refractivity contribution is 5.92. The van der Waals surface area contributed by atoms with E-state index in [0.717, 1.165) is 29.2 Å². The molecule has 1 aliphatic rings. The molecule has 1 amide bonds. The lowest BCUT2D eigenvalue weighted by atomic mass is 10.0. The summed E-state index contributed by atoms with van der Waals surface area (Å²) >= 11 is 0. The van der Waals surface area contributed by atoms with Gasteiger partial charge >= 0.3 is 0 Å². The van der Waals surface area contributed by atoms with Crippen LogP contribution in [0.4, 0.5) is 8.78 Å². The molecule has 9 heteroatoms.